The van der Waals surface area contributed by atoms with Crippen LogP contribution < -0.4 is 0 Å². The van der Waals surface area contributed by atoms with E-state index < -0.39 is 5.97 Å². The van der Waals surface area contributed by atoms with Crippen molar-refractivity contribution in [3.63, 3.8) is 0 Å². The summed E-state index contributed by atoms with van der Waals surface area (Å²) < 4.78 is 5.22. The van der Waals surface area contributed by atoms with Gasteiger partial charge in [0.15, 0.2) is 5.82 Å². The van der Waals surface area contributed by atoms with Gasteiger partial charge in [-0.3, -0.25) is 4.79 Å². The number of nitrogens with zero attached hydrogens (tertiary/aromatic N) is 2. The molecule has 1 aromatic rings. The largest absolute Gasteiger partial charge is 0.481 e. The summed E-state index contributed by atoms with van der Waals surface area (Å²) in [5.74, 6) is 0.655. The van der Waals surface area contributed by atoms with Gasteiger partial charge in [0.1, 0.15) is 0 Å². The molecule has 18 heavy (non-hydrogen) atoms. The molecule has 0 spiro atoms. The van der Waals surface area contributed by atoms with E-state index in [9.17, 15) is 4.79 Å². The van der Waals surface area contributed by atoms with Crippen LogP contribution >= 0.6 is 11.8 Å². The van der Waals surface area contributed by atoms with Crippen molar-refractivity contribution < 1.29 is 14.4 Å². The molecular weight excluding hydrogens is 252 g/mol. The normalized spacial score (nSPS) is 23.7. The summed E-state index contributed by atoms with van der Waals surface area (Å²) in [5.41, 5.74) is 0. The molecule has 2 atom stereocenters. The highest BCUT2D eigenvalue weighted by atomic mass is 32.2. The number of aliphatic carboxylic acids is 1. The fraction of sp³-hybridized carbons (Fsp3) is 0.750. The van der Waals surface area contributed by atoms with Crippen LogP contribution in [-0.4, -0.2) is 26.5 Å². The molecule has 1 aromatic heterocycles. The number of hydrogen-bond acceptors (Lipinski definition) is 5. The number of aromatic nitrogens is 2. The average molecular weight is 270 g/mol. The van der Waals surface area contributed by atoms with E-state index in [1.165, 1.54) is 0 Å². The number of carboxylic acid groups (broad SMARTS) is 1. The van der Waals surface area contributed by atoms with Gasteiger partial charge in [-0.15, -0.1) is 0 Å². The lowest BCUT2D eigenvalue weighted by molar-refractivity contribution is -0.142. The summed E-state index contributed by atoms with van der Waals surface area (Å²) in [6.07, 6.45) is 2.45. The van der Waals surface area contributed by atoms with Crippen molar-refractivity contribution in [2.75, 3.05) is 0 Å². The minimum atomic E-state index is -0.756. The molecule has 1 aliphatic rings. The Morgan fingerprint density at radius 2 is 2.33 bits per heavy atom. The van der Waals surface area contributed by atoms with Gasteiger partial charge in [0.05, 0.1) is 17.6 Å². The molecule has 6 heteroatoms. The molecule has 2 rings (SSSR count). The molecule has 0 aliphatic heterocycles. The Morgan fingerprint density at radius 1 is 1.56 bits per heavy atom. The van der Waals surface area contributed by atoms with Gasteiger partial charge in [-0.1, -0.05) is 25.4 Å². The van der Waals surface area contributed by atoms with Crippen molar-refractivity contribution in [3.05, 3.63) is 11.7 Å². The number of carboxylic acids is 1. The van der Waals surface area contributed by atoms with Gasteiger partial charge in [0.25, 0.3) is 0 Å². The molecule has 0 aromatic carbocycles. The molecule has 0 radical (unpaired) electrons. The van der Waals surface area contributed by atoms with Crippen molar-refractivity contribution in [1.82, 2.24) is 10.1 Å². The van der Waals surface area contributed by atoms with Crippen molar-refractivity contribution in [2.45, 2.75) is 50.0 Å². The quantitative estimate of drug-likeness (QED) is 0.886. The molecule has 1 fully saturated rings. The molecule has 5 nitrogen and oxygen atoms in total. The highest BCUT2D eigenvalue weighted by Gasteiger charge is 2.37. The first-order valence-corrected chi connectivity index (χ1v) is 7.29. The lowest BCUT2D eigenvalue weighted by Gasteiger charge is -2.10. The summed E-state index contributed by atoms with van der Waals surface area (Å²) >= 11 is 1.75. The molecular formula is C12H18N2O3S. The van der Waals surface area contributed by atoms with Crippen LogP contribution in [0.15, 0.2) is 4.52 Å². The minimum Gasteiger partial charge on any atom is -0.481 e. The van der Waals surface area contributed by atoms with Gasteiger partial charge in [0.2, 0.25) is 5.89 Å². The molecule has 0 saturated heterocycles. The van der Waals surface area contributed by atoms with Crippen molar-refractivity contribution >= 4 is 17.7 Å². The Morgan fingerprint density at radius 3 is 3.00 bits per heavy atom. The van der Waals surface area contributed by atoms with Gasteiger partial charge in [-0.2, -0.15) is 16.7 Å². The minimum absolute atomic E-state index is 0.104. The molecule has 100 valence electrons. The summed E-state index contributed by atoms with van der Waals surface area (Å²) in [4.78, 5) is 15.4. The standard InChI is InChI=1S/C12H18N2O3S/c1-7(2)18-6-10-13-11(17-14-10)8-4-3-5-9(8)12(15)16/h7-9H,3-6H2,1-2H3,(H,15,16). The first-order valence-electron chi connectivity index (χ1n) is 6.25. The zero-order chi connectivity index (χ0) is 13.1. The highest BCUT2D eigenvalue weighted by Crippen LogP contribution is 2.39. The van der Waals surface area contributed by atoms with Crippen LogP contribution in [0.5, 0.6) is 0 Å². The Bertz CT molecular complexity index is 419. The topological polar surface area (TPSA) is 76.2 Å². The van der Waals surface area contributed by atoms with Crippen LogP contribution in [-0.2, 0) is 10.5 Å². The van der Waals surface area contributed by atoms with Gasteiger partial charge < -0.3 is 9.63 Å². The van der Waals surface area contributed by atoms with Gasteiger partial charge >= 0.3 is 5.97 Å². The monoisotopic (exact) mass is 270 g/mol. The maximum absolute atomic E-state index is 11.1. The first kappa shape index (κ1) is 13.4. The van der Waals surface area contributed by atoms with E-state index in [4.69, 9.17) is 9.63 Å². The summed E-state index contributed by atoms with van der Waals surface area (Å²) in [5, 5.41) is 13.6. The van der Waals surface area contributed by atoms with Gasteiger partial charge in [0, 0.05) is 0 Å². The van der Waals surface area contributed by atoms with Crippen molar-refractivity contribution in [2.24, 2.45) is 5.92 Å². The molecule has 0 bridgehead atoms. The third-order valence-corrected chi connectivity index (χ3v) is 4.27. The maximum atomic E-state index is 11.1. The number of hydrogen-bond donors (Lipinski definition) is 1. The van der Waals surface area contributed by atoms with Gasteiger partial charge in [-0.25, -0.2) is 0 Å². The van der Waals surface area contributed by atoms with Crippen LogP contribution in [0.3, 0.4) is 0 Å². The van der Waals surface area contributed by atoms with E-state index in [2.05, 4.69) is 24.0 Å². The predicted molar refractivity (Wildman–Crippen MR) is 68.4 cm³/mol. The summed E-state index contributed by atoms with van der Waals surface area (Å²) in [7, 11) is 0. The number of rotatable bonds is 5. The Kier molecular flexibility index (Phi) is 4.27. The summed E-state index contributed by atoms with van der Waals surface area (Å²) in [6.45, 7) is 4.23. The second kappa shape index (κ2) is 5.73. The van der Waals surface area contributed by atoms with E-state index in [-0.39, 0.29) is 11.8 Å². The Hall–Kier alpha value is -1.04. The van der Waals surface area contributed by atoms with E-state index in [0.717, 1.165) is 12.8 Å². The smallest absolute Gasteiger partial charge is 0.307 e. The lowest BCUT2D eigenvalue weighted by atomic mass is 9.96. The number of thioether (sulfide) groups is 1. The van der Waals surface area contributed by atoms with Crippen LogP contribution in [0.25, 0.3) is 0 Å². The maximum Gasteiger partial charge on any atom is 0.307 e. The lowest BCUT2D eigenvalue weighted by Crippen LogP contribution is -2.17. The predicted octanol–water partition coefficient (Wildman–Crippen LogP) is 2.68. The van der Waals surface area contributed by atoms with E-state index in [1.807, 2.05) is 0 Å². The van der Waals surface area contributed by atoms with E-state index in [0.29, 0.717) is 29.1 Å². The van der Waals surface area contributed by atoms with E-state index >= 15 is 0 Å². The van der Waals surface area contributed by atoms with Crippen LogP contribution in [0, 0.1) is 5.92 Å². The van der Waals surface area contributed by atoms with Crippen LogP contribution in [0.2, 0.25) is 0 Å². The zero-order valence-corrected chi connectivity index (χ0v) is 11.4. The Balaban J connectivity index is 2.03. The second-order valence-electron chi connectivity index (χ2n) is 4.89. The molecule has 1 saturated carbocycles. The molecule has 2 unspecified atom stereocenters. The molecule has 1 heterocycles. The first-order chi connectivity index (χ1) is 8.58. The molecule has 0 amide bonds. The third kappa shape index (κ3) is 3.04. The third-order valence-electron chi connectivity index (χ3n) is 3.18. The van der Waals surface area contributed by atoms with Crippen molar-refractivity contribution in [3.8, 4) is 0 Å². The van der Waals surface area contributed by atoms with Crippen LogP contribution in [0.4, 0.5) is 0 Å². The molecule has 1 aliphatic carbocycles. The zero-order valence-electron chi connectivity index (χ0n) is 10.6. The van der Waals surface area contributed by atoms with Gasteiger partial charge in [-0.05, 0) is 18.1 Å². The Labute approximate surface area is 110 Å². The summed E-state index contributed by atoms with van der Waals surface area (Å²) in [6, 6.07) is 0. The molecule has 1 N–H and O–H groups in total. The van der Waals surface area contributed by atoms with Crippen molar-refractivity contribution in [1.29, 1.82) is 0 Å². The van der Waals surface area contributed by atoms with Crippen LogP contribution in [0.1, 0.15) is 50.7 Å². The number of carbonyl (C=O) groups is 1. The highest BCUT2D eigenvalue weighted by molar-refractivity contribution is 7.99. The SMILES string of the molecule is CC(C)SCc1noc(C2CCCC2C(=O)O)n1. The second-order valence-corrected chi connectivity index (χ2v) is 6.46. The van der Waals surface area contributed by atoms with E-state index in [1.54, 1.807) is 11.8 Å². The fourth-order valence-electron chi connectivity index (χ4n) is 2.27. The fourth-order valence-corrected chi connectivity index (χ4v) is 2.87. The average Bonchev–Trinajstić information content (AvgIpc) is 2.94.